The Hall–Kier alpha value is -2.36. The second-order valence-corrected chi connectivity index (χ2v) is 11.1. The molecule has 1 unspecified atom stereocenters. The van der Waals surface area contributed by atoms with E-state index in [0.717, 1.165) is 18.4 Å². The molecule has 0 radical (unpaired) electrons. The van der Waals surface area contributed by atoms with Crippen LogP contribution in [-0.2, 0) is 25.1 Å². The number of rotatable bonds is 9. The van der Waals surface area contributed by atoms with Crippen LogP contribution < -0.4 is 4.90 Å². The molecule has 1 aliphatic rings. The number of aromatic nitrogens is 1. The predicted molar refractivity (Wildman–Crippen MR) is 124 cm³/mol. The largest absolute Gasteiger partial charge is 0.376 e. The zero-order valence-electron chi connectivity index (χ0n) is 17.6. The summed E-state index contributed by atoms with van der Waals surface area (Å²) in [5.74, 6) is -0.652. The molecule has 0 saturated carbocycles. The average Bonchev–Trinajstić information content (AvgIpc) is 3.41. The lowest BCUT2D eigenvalue weighted by Crippen LogP contribution is -2.37. The fraction of sp³-hybridized carbons (Fsp3) is 0.391. The monoisotopic (exact) mass is 476 g/mol. The van der Waals surface area contributed by atoms with Crippen molar-refractivity contribution in [2.24, 2.45) is 0 Å². The number of hydrogen-bond acceptors (Lipinski definition) is 6. The first-order valence-corrected chi connectivity index (χ1v) is 13.3. The summed E-state index contributed by atoms with van der Waals surface area (Å²) in [7, 11) is -3.32. The van der Waals surface area contributed by atoms with Gasteiger partial charge in [-0.25, -0.2) is 17.8 Å². The van der Waals surface area contributed by atoms with E-state index in [0.29, 0.717) is 28.5 Å². The van der Waals surface area contributed by atoms with Gasteiger partial charge in [0.25, 0.3) is 0 Å². The number of nitrogens with zero attached hydrogens (tertiary/aromatic N) is 2. The molecule has 1 amide bonds. The van der Waals surface area contributed by atoms with Crippen molar-refractivity contribution in [2.45, 2.75) is 37.5 Å². The average molecular weight is 477 g/mol. The number of carbonyl (C=O) groups excluding carboxylic acids is 1. The molecule has 1 saturated heterocycles. The van der Waals surface area contributed by atoms with Crippen LogP contribution in [0.3, 0.4) is 0 Å². The SMILES string of the molecule is O=C(CCCS(=O)(=O)Cc1ccccc1)N(CC1CCCO1)c1nc2ccc(F)cc2s1. The molecule has 0 spiro atoms. The highest BCUT2D eigenvalue weighted by Gasteiger charge is 2.26. The summed E-state index contributed by atoms with van der Waals surface area (Å²) in [6.45, 7) is 1.02. The van der Waals surface area contributed by atoms with E-state index < -0.39 is 9.84 Å². The smallest absolute Gasteiger partial charge is 0.228 e. The zero-order valence-corrected chi connectivity index (χ0v) is 19.2. The molecule has 6 nitrogen and oxygen atoms in total. The minimum Gasteiger partial charge on any atom is -0.376 e. The number of thiazole rings is 1. The van der Waals surface area contributed by atoms with Crippen LogP contribution in [0.25, 0.3) is 10.2 Å². The van der Waals surface area contributed by atoms with E-state index in [1.54, 1.807) is 35.2 Å². The third-order valence-corrected chi connectivity index (χ3v) is 8.08. The maximum atomic E-state index is 13.6. The normalized spacial score (nSPS) is 16.5. The number of carbonyl (C=O) groups is 1. The van der Waals surface area contributed by atoms with Crippen molar-refractivity contribution in [3.05, 3.63) is 59.9 Å². The molecule has 2 heterocycles. The number of anilines is 1. The van der Waals surface area contributed by atoms with Gasteiger partial charge in [0.2, 0.25) is 5.91 Å². The van der Waals surface area contributed by atoms with E-state index >= 15 is 0 Å². The zero-order chi connectivity index (χ0) is 22.6. The lowest BCUT2D eigenvalue weighted by Gasteiger charge is -2.23. The Morgan fingerprint density at radius 1 is 1.22 bits per heavy atom. The highest BCUT2D eigenvalue weighted by atomic mass is 32.2. The fourth-order valence-corrected chi connectivity index (χ4v) is 6.20. The van der Waals surface area contributed by atoms with Gasteiger partial charge in [-0.1, -0.05) is 41.7 Å². The second-order valence-electron chi connectivity index (χ2n) is 7.93. The molecule has 4 rings (SSSR count). The standard InChI is InChI=1S/C23H25FN2O4S2/c24-18-10-11-20-21(14-18)31-23(25-20)26(15-19-8-4-12-30-19)22(27)9-5-13-32(28,29)16-17-6-2-1-3-7-17/h1-3,6-7,10-11,14,19H,4-5,8-9,12-13,15-16H2. The number of amides is 1. The summed E-state index contributed by atoms with van der Waals surface area (Å²) in [4.78, 5) is 19.2. The van der Waals surface area contributed by atoms with E-state index in [1.807, 2.05) is 6.07 Å². The highest BCUT2D eigenvalue weighted by molar-refractivity contribution is 7.90. The molecule has 0 N–H and O–H groups in total. The first kappa shape index (κ1) is 22.8. The first-order chi connectivity index (χ1) is 15.4. The molecule has 2 aromatic carbocycles. The Morgan fingerprint density at radius 2 is 2.03 bits per heavy atom. The van der Waals surface area contributed by atoms with Gasteiger partial charge in [0.15, 0.2) is 15.0 Å². The predicted octanol–water partition coefficient (Wildman–Crippen LogP) is 4.34. The lowest BCUT2D eigenvalue weighted by molar-refractivity contribution is -0.119. The number of ether oxygens (including phenoxy) is 1. The molecular weight excluding hydrogens is 451 g/mol. The second kappa shape index (κ2) is 10.1. The summed E-state index contributed by atoms with van der Waals surface area (Å²) in [5, 5.41) is 0.484. The van der Waals surface area contributed by atoms with Gasteiger partial charge in [-0.3, -0.25) is 9.69 Å². The van der Waals surface area contributed by atoms with E-state index in [9.17, 15) is 17.6 Å². The molecular formula is C23H25FN2O4S2. The van der Waals surface area contributed by atoms with E-state index in [1.165, 1.54) is 23.5 Å². The minimum absolute atomic E-state index is 0.0366. The van der Waals surface area contributed by atoms with Gasteiger partial charge in [-0.15, -0.1) is 0 Å². The van der Waals surface area contributed by atoms with Gasteiger partial charge in [0.1, 0.15) is 5.82 Å². The Bertz CT molecular complexity index is 1180. The summed E-state index contributed by atoms with van der Waals surface area (Å²) in [6.07, 6.45) is 2.04. The number of sulfone groups is 1. The number of halogens is 1. The van der Waals surface area contributed by atoms with Crippen LogP contribution in [0.15, 0.2) is 48.5 Å². The van der Waals surface area contributed by atoms with Crippen molar-refractivity contribution in [1.82, 2.24) is 4.98 Å². The van der Waals surface area contributed by atoms with Gasteiger partial charge in [-0.2, -0.15) is 0 Å². The van der Waals surface area contributed by atoms with Crippen molar-refractivity contribution < 1.29 is 22.3 Å². The molecule has 1 atom stereocenters. The molecule has 0 bridgehead atoms. The summed E-state index contributed by atoms with van der Waals surface area (Å²) >= 11 is 1.25. The number of fused-ring (bicyclic) bond motifs is 1. The third kappa shape index (κ3) is 5.90. The van der Waals surface area contributed by atoms with Crippen LogP contribution in [0.2, 0.25) is 0 Å². The number of hydrogen-bond donors (Lipinski definition) is 0. The van der Waals surface area contributed by atoms with Gasteiger partial charge in [-0.05, 0) is 43.0 Å². The molecule has 3 aromatic rings. The van der Waals surface area contributed by atoms with Crippen LogP contribution in [0.4, 0.5) is 9.52 Å². The van der Waals surface area contributed by atoms with Crippen LogP contribution in [0.5, 0.6) is 0 Å². The van der Waals surface area contributed by atoms with Gasteiger partial charge >= 0.3 is 0 Å². The lowest BCUT2D eigenvalue weighted by atomic mass is 10.2. The topological polar surface area (TPSA) is 76.6 Å². The van der Waals surface area contributed by atoms with Crippen molar-refractivity contribution in [2.75, 3.05) is 23.8 Å². The summed E-state index contributed by atoms with van der Waals surface area (Å²) < 4.78 is 44.9. The molecule has 170 valence electrons. The van der Waals surface area contributed by atoms with Gasteiger partial charge in [0.05, 0.1) is 34.4 Å². The van der Waals surface area contributed by atoms with Gasteiger partial charge in [0, 0.05) is 13.0 Å². The van der Waals surface area contributed by atoms with Crippen molar-refractivity contribution in [1.29, 1.82) is 0 Å². The minimum atomic E-state index is -3.32. The van der Waals surface area contributed by atoms with Gasteiger partial charge < -0.3 is 4.74 Å². The third-order valence-electron chi connectivity index (χ3n) is 5.36. The molecule has 1 aliphatic heterocycles. The van der Waals surface area contributed by atoms with E-state index in [2.05, 4.69) is 4.98 Å². The van der Waals surface area contributed by atoms with E-state index in [4.69, 9.17) is 4.74 Å². The molecule has 1 fully saturated rings. The van der Waals surface area contributed by atoms with Crippen molar-refractivity contribution >= 4 is 42.4 Å². The summed E-state index contributed by atoms with van der Waals surface area (Å²) in [5.41, 5.74) is 1.36. The van der Waals surface area contributed by atoms with Crippen LogP contribution >= 0.6 is 11.3 Å². The molecule has 1 aromatic heterocycles. The Kier molecular flexibility index (Phi) is 7.17. The first-order valence-electron chi connectivity index (χ1n) is 10.6. The Balaban J connectivity index is 1.43. The Labute approximate surface area is 190 Å². The quantitative estimate of drug-likeness (QED) is 0.459. The molecule has 9 heteroatoms. The molecule has 32 heavy (non-hydrogen) atoms. The van der Waals surface area contributed by atoms with E-state index in [-0.39, 0.29) is 42.2 Å². The van der Waals surface area contributed by atoms with Crippen LogP contribution in [0.1, 0.15) is 31.2 Å². The number of benzene rings is 2. The maximum Gasteiger partial charge on any atom is 0.228 e. The highest BCUT2D eigenvalue weighted by Crippen LogP contribution is 2.31. The van der Waals surface area contributed by atoms with Crippen LogP contribution in [-0.4, -0.2) is 44.3 Å². The molecule has 0 aliphatic carbocycles. The Morgan fingerprint density at radius 3 is 2.78 bits per heavy atom. The van der Waals surface area contributed by atoms with Crippen molar-refractivity contribution in [3.63, 3.8) is 0 Å². The summed E-state index contributed by atoms with van der Waals surface area (Å²) in [6, 6.07) is 13.4. The van der Waals surface area contributed by atoms with Crippen LogP contribution in [0, 0.1) is 5.82 Å². The van der Waals surface area contributed by atoms with Crippen molar-refractivity contribution in [3.8, 4) is 0 Å². The fourth-order valence-electron chi connectivity index (χ4n) is 3.76. The maximum absolute atomic E-state index is 13.6.